The molecule has 5 atom stereocenters. The normalized spacial score (nSPS) is 37.6. The fourth-order valence-electron chi connectivity index (χ4n) is 2.08. The van der Waals surface area contributed by atoms with Gasteiger partial charge in [-0.15, -0.1) is 0 Å². The van der Waals surface area contributed by atoms with Gasteiger partial charge in [0.2, 0.25) is 0 Å². The summed E-state index contributed by atoms with van der Waals surface area (Å²) in [6.45, 7) is 0.373. The number of ether oxygens (including phenoxy) is 1. The van der Waals surface area contributed by atoms with E-state index in [9.17, 15) is 15.0 Å². The highest BCUT2D eigenvalue weighted by Gasteiger charge is 2.47. The lowest BCUT2D eigenvalue weighted by Crippen LogP contribution is -2.56. The van der Waals surface area contributed by atoms with Gasteiger partial charge in [-0.25, -0.2) is 4.79 Å². The first-order valence-electron chi connectivity index (χ1n) is 5.94. The summed E-state index contributed by atoms with van der Waals surface area (Å²) in [5.41, 5.74) is 5.10. The minimum absolute atomic E-state index is 0.123. The minimum Gasteiger partial charge on any atom is -0.465 e. The van der Waals surface area contributed by atoms with Gasteiger partial charge in [0.1, 0.15) is 23.7 Å². The Balaban J connectivity index is 1.93. The molecule has 1 fully saturated rings. The number of carbonyl (C=O) groups is 1. The van der Waals surface area contributed by atoms with Crippen molar-refractivity contribution in [1.82, 2.24) is 5.32 Å². The number of rotatable bonds is 4. The van der Waals surface area contributed by atoms with Gasteiger partial charge < -0.3 is 31.1 Å². The highest BCUT2D eigenvalue weighted by molar-refractivity contribution is 8.14. The molecule has 0 aromatic rings. The number of thioether (sulfide) groups is 1. The van der Waals surface area contributed by atoms with Crippen molar-refractivity contribution in [2.75, 3.05) is 13.1 Å². The van der Waals surface area contributed by atoms with Crippen molar-refractivity contribution in [3.63, 3.8) is 0 Å². The zero-order valence-corrected chi connectivity index (χ0v) is 10.9. The van der Waals surface area contributed by atoms with Crippen molar-refractivity contribution < 1.29 is 24.9 Å². The van der Waals surface area contributed by atoms with Crippen LogP contribution >= 0.6 is 11.8 Å². The number of carboxylic acid groups (broad SMARTS) is 1. The van der Waals surface area contributed by atoms with E-state index in [0.29, 0.717) is 11.5 Å². The van der Waals surface area contributed by atoms with Gasteiger partial charge in [-0.3, -0.25) is 4.99 Å². The highest BCUT2D eigenvalue weighted by atomic mass is 32.2. The van der Waals surface area contributed by atoms with Crippen LogP contribution in [0.25, 0.3) is 0 Å². The number of aliphatic hydroxyl groups is 2. The molecule has 2 aliphatic heterocycles. The Bertz CT molecular complexity index is 380. The zero-order valence-electron chi connectivity index (χ0n) is 10.1. The molecule has 0 spiro atoms. The van der Waals surface area contributed by atoms with Crippen LogP contribution < -0.4 is 11.1 Å². The molecule has 0 saturated carbocycles. The number of hydrogen-bond acceptors (Lipinski definition) is 7. The quantitative estimate of drug-likeness (QED) is 0.428. The van der Waals surface area contributed by atoms with E-state index in [-0.39, 0.29) is 18.5 Å². The second-order valence-corrected chi connectivity index (χ2v) is 5.54. The van der Waals surface area contributed by atoms with Crippen molar-refractivity contribution >= 4 is 22.9 Å². The molecular formula is C10H17N3O5S. The van der Waals surface area contributed by atoms with Crippen LogP contribution in [0, 0.1) is 0 Å². The summed E-state index contributed by atoms with van der Waals surface area (Å²) in [4.78, 5) is 14.6. The molecular weight excluding hydrogens is 274 g/mol. The Morgan fingerprint density at radius 3 is 2.84 bits per heavy atom. The van der Waals surface area contributed by atoms with Crippen LogP contribution in [0.1, 0.15) is 6.42 Å². The van der Waals surface area contributed by atoms with E-state index in [2.05, 4.69) is 10.3 Å². The van der Waals surface area contributed by atoms with Crippen molar-refractivity contribution in [1.29, 1.82) is 0 Å². The molecule has 2 aliphatic rings. The molecule has 0 aliphatic carbocycles. The molecule has 0 radical (unpaired) electrons. The van der Waals surface area contributed by atoms with Crippen molar-refractivity contribution in [3.05, 3.63) is 0 Å². The second-order valence-electron chi connectivity index (χ2n) is 4.37. The van der Waals surface area contributed by atoms with Crippen LogP contribution in [-0.4, -0.2) is 69.3 Å². The van der Waals surface area contributed by atoms with Crippen LogP contribution in [0.5, 0.6) is 0 Å². The molecule has 2 rings (SSSR count). The number of nitrogens with zero attached hydrogens (tertiary/aromatic N) is 1. The lowest BCUT2D eigenvalue weighted by Gasteiger charge is -2.37. The first-order chi connectivity index (χ1) is 9.02. The Kier molecular flexibility index (Phi) is 4.63. The molecule has 19 heavy (non-hydrogen) atoms. The van der Waals surface area contributed by atoms with E-state index in [1.54, 1.807) is 0 Å². The lowest BCUT2D eigenvalue weighted by atomic mass is 9.98. The molecule has 0 bridgehead atoms. The maximum atomic E-state index is 10.3. The first-order valence-corrected chi connectivity index (χ1v) is 6.82. The number of nitrogens with two attached hydrogens (primary N) is 1. The summed E-state index contributed by atoms with van der Waals surface area (Å²) in [5, 5.41) is 31.2. The van der Waals surface area contributed by atoms with Gasteiger partial charge >= 0.3 is 6.09 Å². The van der Waals surface area contributed by atoms with Gasteiger partial charge in [0.25, 0.3) is 0 Å². The third-order valence-electron chi connectivity index (χ3n) is 3.06. The smallest absolute Gasteiger partial charge is 0.404 e. The van der Waals surface area contributed by atoms with E-state index in [1.807, 2.05) is 0 Å². The Hall–Kier alpha value is -0.870. The van der Waals surface area contributed by atoms with E-state index in [1.165, 1.54) is 11.8 Å². The van der Waals surface area contributed by atoms with Crippen LogP contribution in [-0.2, 0) is 4.74 Å². The van der Waals surface area contributed by atoms with Gasteiger partial charge in [0.05, 0.1) is 11.1 Å². The second kappa shape index (κ2) is 6.06. The third-order valence-corrected chi connectivity index (χ3v) is 4.27. The molecule has 8 nitrogen and oxygen atoms in total. The monoisotopic (exact) mass is 291 g/mol. The average Bonchev–Trinajstić information content (AvgIpc) is 2.76. The minimum atomic E-state index is -1.09. The third kappa shape index (κ3) is 3.18. The Labute approximate surface area is 114 Å². The SMILES string of the molecule is NC[C@H]1O[C@@H]2SC(CCNC(=O)O)=N[C@@H]2[C@@H](O)[C@@H]1O. The summed E-state index contributed by atoms with van der Waals surface area (Å²) >= 11 is 1.34. The number of fused-ring (bicyclic) bond motifs is 1. The number of aliphatic imine (C=N–C) groups is 1. The van der Waals surface area contributed by atoms with Crippen LogP contribution in [0.2, 0.25) is 0 Å². The van der Waals surface area contributed by atoms with Crippen molar-refractivity contribution in [2.24, 2.45) is 10.7 Å². The molecule has 1 saturated heterocycles. The predicted octanol–water partition coefficient (Wildman–Crippen LogP) is -1.44. The fourth-order valence-corrected chi connectivity index (χ4v) is 3.31. The zero-order chi connectivity index (χ0) is 14.0. The molecule has 0 aromatic carbocycles. The summed E-state index contributed by atoms with van der Waals surface area (Å²) in [6.07, 6.45) is -3.31. The van der Waals surface area contributed by atoms with Crippen LogP contribution in [0.15, 0.2) is 4.99 Å². The van der Waals surface area contributed by atoms with E-state index < -0.39 is 30.4 Å². The van der Waals surface area contributed by atoms with E-state index in [0.717, 1.165) is 0 Å². The maximum absolute atomic E-state index is 10.3. The predicted molar refractivity (Wildman–Crippen MR) is 69.2 cm³/mol. The van der Waals surface area contributed by atoms with Gasteiger partial charge in [-0.05, 0) is 0 Å². The molecule has 0 aromatic heterocycles. The standard InChI is InChI=1S/C10H17N3O5S/c11-3-4-7(14)8(15)6-9(18-4)19-5(13-6)1-2-12-10(16)17/h4,6-9,12,14-15H,1-3,11H2,(H,16,17)/t4-,6-,7-,8-,9-/m1/s1. The average molecular weight is 291 g/mol. The molecule has 6 N–H and O–H groups in total. The molecule has 1 amide bonds. The summed E-state index contributed by atoms with van der Waals surface area (Å²) in [6, 6.07) is -0.525. The fraction of sp³-hybridized carbons (Fsp3) is 0.800. The van der Waals surface area contributed by atoms with Gasteiger partial charge in [0.15, 0.2) is 0 Å². The largest absolute Gasteiger partial charge is 0.465 e. The Morgan fingerprint density at radius 1 is 1.47 bits per heavy atom. The molecule has 2 heterocycles. The summed E-state index contributed by atoms with van der Waals surface area (Å²) < 4.78 is 5.58. The van der Waals surface area contributed by atoms with Gasteiger partial charge in [0, 0.05) is 19.5 Å². The van der Waals surface area contributed by atoms with Crippen molar-refractivity contribution in [3.8, 4) is 0 Å². The number of aliphatic hydroxyl groups excluding tert-OH is 2. The number of nitrogens with one attached hydrogen (secondary N) is 1. The molecule has 9 heteroatoms. The number of amides is 1. The molecule has 108 valence electrons. The highest BCUT2D eigenvalue weighted by Crippen LogP contribution is 2.36. The lowest BCUT2D eigenvalue weighted by molar-refractivity contribution is -0.148. The maximum Gasteiger partial charge on any atom is 0.404 e. The topological polar surface area (TPSA) is 137 Å². The Morgan fingerprint density at radius 2 is 2.21 bits per heavy atom. The van der Waals surface area contributed by atoms with Crippen LogP contribution in [0.3, 0.4) is 0 Å². The van der Waals surface area contributed by atoms with Gasteiger partial charge in [-0.1, -0.05) is 11.8 Å². The van der Waals surface area contributed by atoms with E-state index in [4.69, 9.17) is 15.6 Å². The number of hydrogen-bond donors (Lipinski definition) is 5. The summed E-state index contributed by atoms with van der Waals surface area (Å²) in [7, 11) is 0. The molecule has 0 unspecified atom stereocenters. The van der Waals surface area contributed by atoms with Gasteiger partial charge in [-0.2, -0.15) is 0 Å². The van der Waals surface area contributed by atoms with Crippen molar-refractivity contribution in [2.45, 2.75) is 36.2 Å². The van der Waals surface area contributed by atoms with E-state index >= 15 is 0 Å². The summed E-state index contributed by atoms with van der Waals surface area (Å²) in [5.74, 6) is 0. The van der Waals surface area contributed by atoms with Crippen LogP contribution in [0.4, 0.5) is 4.79 Å². The first kappa shape index (κ1) is 14.5.